The van der Waals surface area contributed by atoms with E-state index in [9.17, 15) is 18.0 Å². The summed E-state index contributed by atoms with van der Waals surface area (Å²) in [4.78, 5) is 28.8. The van der Waals surface area contributed by atoms with E-state index in [0.717, 1.165) is 0 Å². The second-order valence-electron chi connectivity index (χ2n) is 7.68. The Labute approximate surface area is 171 Å². The highest BCUT2D eigenvalue weighted by Gasteiger charge is 2.41. The van der Waals surface area contributed by atoms with Crippen LogP contribution in [0.5, 0.6) is 0 Å². The maximum atomic E-state index is 13.1. The van der Waals surface area contributed by atoms with Crippen LogP contribution in [0.4, 0.5) is 0 Å². The molecule has 3 heterocycles. The number of hydrogen-bond acceptors (Lipinski definition) is 6. The van der Waals surface area contributed by atoms with E-state index in [1.54, 1.807) is 31.9 Å². The number of carbonyl (C=O) groups excluding carboxylic acids is 2. The first kappa shape index (κ1) is 21.5. The number of aromatic nitrogens is 1. The third-order valence-corrected chi connectivity index (χ3v) is 7.84. The zero-order valence-electron chi connectivity index (χ0n) is 17.1. The lowest BCUT2D eigenvalue weighted by Gasteiger charge is -2.34. The van der Waals surface area contributed by atoms with Crippen LogP contribution >= 0.6 is 0 Å². The Morgan fingerprint density at radius 1 is 1.34 bits per heavy atom. The van der Waals surface area contributed by atoms with Gasteiger partial charge in [-0.05, 0) is 33.1 Å². The van der Waals surface area contributed by atoms with Crippen molar-refractivity contribution in [3.8, 4) is 0 Å². The van der Waals surface area contributed by atoms with Crippen molar-refractivity contribution < 1.29 is 22.5 Å². The quantitative estimate of drug-likeness (QED) is 0.630. The third kappa shape index (κ3) is 3.95. The van der Waals surface area contributed by atoms with Gasteiger partial charge in [-0.1, -0.05) is 11.2 Å². The topological polar surface area (TPSA) is 104 Å². The van der Waals surface area contributed by atoms with Gasteiger partial charge in [-0.2, -0.15) is 4.31 Å². The smallest absolute Gasteiger partial charge is 0.248 e. The number of likely N-dealkylation sites (N-methyl/N-ethyl adjacent to an activating group) is 1. The highest BCUT2D eigenvalue weighted by molar-refractivity contribution is 7.89. The van der Waals surface area contributed by atoms with Gasteiger partial charge in [-0.25, -0.2) is 8.42 Å². The minimum absolute atomic E-state index is 0.0741. The minimum Gasteiger partial charge on any atom is -0.360 e. The fraction of sp³-hybridized carbons (Fsp3) is 0.632. The van der Waals surface area contributed by atoms with Crippen LogP contribution in [-0.2, 0) is 19.6 Å². The standard InChI is InChI=1S/C19H28N4O5S/c1-5-9-22-11-8-16(19(22)25)21(4)18(24)15-7-6-10-23(12-15)29(26,27)17-13(2)20-28-14(17)3/h5,15-16H,1,6-12H2,2-4H3/t15-,16-/m0/s1. The molecule has 2 aliphatic rings. The van der Waals surface area contributed by atoms with Crippen LogP contribution in [0.25, 0.3) is 0 Å². The second kappa shape index (κ2) is 8.27. The van der Waals surface area contributed by atoms with E-state index in [2.05, 4.69) is 11.7 Å². The maximum Gasteiger partial charge on any atom is 0.248 e. The van der Waals surface area contributed by atoms with Gasteiger partial charge in [0.25, 0.3) is 0 Å². The molecule has 160 valence electrons. The summed E-state index contributed by atoms with van der Waals surface area (Å²) in [5, 5.41) is 3.74. The van der Waals surface area contributed by atoms with E-state index in [1.165, 1.54) is 9.21 Å². The van der Waals surface area contributed by atoms with E-state index in [1.807, 2.05) is 0 Å². The Morgan fingerprint density at radius 3 is 2.69 bits per heavy atom. The summed E-state index contributed by atoms with van der Waals surface area (Å²) in [7, 11) is -2.17. The van der Waals surface area contributed by atoms with Crippen molar-refractivity contribution in [1.82, 2.24) is 19.3 Å². The van der Waals surface area contributed by atoms with Crippen molar-refractivity contribution in [2.75, 3.05) is 33.2 Å². The van der Waals surface area contributed by atoms with E-state index in [-0.39, 0.29) is 29.0 Å². The van der Waals surface area contributed by atoms with E-state index < -0.39 is 22.0 Å². The minimum atomic E-state index is -3.80. The van der Waals surface area contributed by atoms with Crippen molar-refractivity contribution in [2.24, 2.45) is 5.92 Å². The summed E-state index contributed by atoms with van der Waals surface area (Å²) >= 11 is 0. The van der Waals surface area contributed by atoms with Crippen LogP contribution in [0, 0.1) is 19.8 Å². The molecule has 0 radical (unpaired) electrons. The molecule has 0 aromatic carbocycles. The SMILES string of the molecule is C=CCN1CC[C@H](N(C)C(=O)[C@H]2CCCN(S(=O)(=O)c3c(C)noc3C)C2)C1=O. The van der Waals surface area contributed by atoms with Crippen LogP contribution in [0.15, 0.2) is 22.1 Å². The predicted octanol–water partition coefficient (Wildman–Crippen LogP) is 0.937. The Hall–Kier alpha value is -2.20. The molecule has 2 aliphatic heterocycles. The molecule has 29 heavy (non-hydrogen) atoms. The van der Waals surface area contributed by atoms with Gasteiger partial charge in [0.05, 0.1) is 5.92 Å². The average molecular weight is 425 g/mol. The normalized spacial score (nSPS) is 23.4. The fourth-order valence-corrected chi connectivity index (χ4v) is 6.01. The van der Waals surface area contributed by atoms with Crippen molar-refractivity contribution >= 4 is 21.8 Å². The Kier molecular flexibility index (Phi) is 6.13. The fourth-order valence-electron chi connectivity index (χ4n) is 4.19. The summed E-state index contributed by atoms with van der Waals surface area (Å²) in [6.07, 6.45) is 3.41. The molecule has 9 nitrogen and oxygen atoms in total. The van der Waals surface area contributed by atoms with Gasteiger partial charge in [0.15, 0.2) is 5.76 Å². The van der Waals surface area contributed by atoms with Gasteiger partial charge < -0.3 is 14.3 Å². The highest BCUT2D eigenvalue weighted by Crippen LogP contribution is 2.29. The molecular formula is C19H28N4O5S. The molecule has 2 fully saturated rings. The summed E-state index contributed by atoms with van der Waals surface area (Å²) in [5.41, 5.74) is 0.312. The number of sulfonamides is 1. The van der Waals surface area contributed by atoms with Crippen LogP contribution < -0.4 is 0 Å². The molecular weight excluding hydrogens is 396 g/mol. The molecule has 10 heteroatoms. The Balaban J connectivity index is 1.73. The lowest BCUT2D eigenvalue weighted by molar-refractivity contribution is -0.143. The van der Waals surface area contributed by atoms with E-state index >= 15 is 0 Å². The molecule has 1 aromatic rings. The monoisotopic (exact) mass is 424 g/mol. The van der Waals surface area contributed by atoms with Crippen molar-refractivity contribution in [2.45, 2.75) is 44.0 Å². The van der Waals surface area contributed by atoms with Gasteiger partial charge in [0, 0.05) is 33.2 Å². The first-order valence-electron chi connectivity index (χ1n) is 9.77. The zero-order valence-corrected chi connectivity index (χ0v) is 17.9. The first-order valence-corrected chi connectivity index (χ1v) is 11.2. The van der Waals surface area contributed by atoms with Crippen LogP contribution in [0.1, 0.15) is 30.7 Å². The summed E-state index contributed by atoms with van der Waals surface area (Å²) < 4.78 is 32.5. The molecule has 0 bridgehead atoms. The summed E-state index contributed by atoms with van der Waals surface area (Å²) in [6.45, 7) is 8.29. The van der Waals surface area contributed by atoms with Gasteiger partial charge in [0.2, 0.25) is 21.8 Å². The Morgan fingerprint density at radius 2 is 2.07 bits per heavy atom. The summed E-state index contributed by atoms with van der Waals surface area (Å²) in [5.74, 6) is -0.517. The molecule has 1 aromatic heterocycles. The first-order chi connectivity index (χ1) is 13.7. The van der Waals surface area contributed by atoms with Crippen molar-refractivity contribution in [1.29, 1.82) is 0 Å². The molecule has 0 N–H and O–H groups in total. The largest absolute Gasteiger partial charge is 0.360 e. The van der Waals surface area contributed by atoms with Gasteiger partial charge in [0.1, 0.15) is 16.6 Å². The van der Waals surface area contributed by atoms with Gasteiger partial charge in [-0.3, -0.25) is 9.59 Å². The number of piperidine rings is 1. The van der Waals surface area contributed by atoms with Crippen LogP contribution in [-0.4, -0.2) is 78.8 Å². The molecule has 0 aliphatic carbocycles. The number of aryl methyl sites for hydroxylation is 2. The zero-order chi connectivity index (χ0) is 21.3. The van der Waals surface area contributed by atoms with Crippen molar-refractivity contribution in [3.05, 3.63) is 24.1 Å². The lowest BCUT2D eigenvalue weighted by Crippen LogP contribution is -2.50. The number of carbonyl (C=O) groups is 2. The van der Waals surface area contributed by atoms with Crippen LogP contribution in [0.2, 0.25) is 0 Å². The van der Waals surface area contributed by atoms with Gasteiger partial charge >= 0.3 is 0 Å². The van der Waals surface area contributed by atoms with Crippen molar-refractivity contribution in [3.63, 3.8) is 0 Å². The maximum absolute atomic E-state index is 13.1. The van der Waals surface area contributed by atoms with E-state index in [0.29, 0.717) is 44.6 Å². The molecule has 0 saturated carbocycles. The van der Waals surface area contributed by atoms with Gasteiger partial charge in [-0.15, -0.1) is 6.58 Å². The number of nitrogens with zero attached hydrogens (tertiary/aromatic N) is 4. The number of hydrogen-bond donors (Lipinski definition) is 0. The lowest BCUT2D eigenvalue weighted by atomic mass is 9.97. The molecule has 0 unspecified atom stereocenters. The molecule has 3 rings (SSSR count). The molecule has 2 atom stereocenters. The number of amides is 2. The summed E-state index contributed by atoms with van der Waals surface area (Å²) in [6, 6.07) is -0.503. The second-order valence-corrected chi connectivity index (χ2v) is 9.56. The van der Waals surface area contributed by atoms with E-state index in [4.69, 9.17) is 4.52 Å². The number of likely N-dealkylation sites (tertiary alicyclic amines) is 1. The third-order valence-electron chi connectivity index (χ3n) is 5.73. The Bertz CT molecular complexity index is 890. The molecule has 0 spiro atoms. The highest BCUT2D eigenvalue weighted by atomic mass is 32.2. The predicted molar refractivity (Wildman–Crippen MR) is 105 cm³/mol. The number of rotatable bonds is 6. The molecule has 2 amide bonds. The average Bonchev–Trinajstić information content (AvgIpc) is 3.23. The molecule has 2 saturated heterocycles. The van der Waals surface area contributed by atoms with Crippen LogP contribution in [0.3, 0.4) is 0 Å².